The number of hydrogen-bond donors (Lipinski definition) is 0. The van der Waals surface area contributed by atoms with Gasteiger partial charge in [0, 0.05) is 11.8 Å². The van der Waals surface area contributed by atoms with E-state index >= 15 is 0 Å². The zero-order valence-corrected chi connectivity index (χ0v) is 16.9. The number of hydrogen-bond acceptors (Lipinski definition) is 1. The maximum atomic E-state index is 11.9. The van der Waals surface area contributed by atoms with Gasteiger partial charge < -0.3 is 0 Å². The third-order valence-corrected chi connectivity index (χ3v) is 9.54. The topological polar surface area (TPSA) is 17.1 Å². The van der Waals surface area contributed by atoms with Crippen molar-refractivity contribution in [3.63, 3.8) is 0 Å². The quantitative estimate of drug-likeness (QED) is 0.532. The normalized spacial score (nSPS) is 48.3. The zero-order valence-electron chi connectivity index (χ0n) is 15.4. The molecular weight excluding hydrogens is 360 g/mol. The molecule has 4 aliphatic rings. The fourth-order valence-corrected chi connectivity index (χ4v) is 7.53. The Morgan fingerprint density at radius 3 is 2.75 bits per heavy atom. The number of halogens is 1. The molecule has 4 rings (SSSR count). The number of carbonyl (C=O) groups is 1. The van der Waals surface area contributed by atoms with E-state index in [-0.39, 0.29) is 5.41 Å². The molecule has 0 aromatic rings. The average Bonchev–Trinajstić information content (AvgIpc) is 2.92. The van der Waals surface area contributed by atoms with Crippen LogP contribution in [0.4, 0.5) is 0 Å². The molecule has 0 spiro atoms. The highest BCUT2D eigenvalue weighted by Crippen LogP contribution is 2.66. The summed E-state index contributed by atoms with van der Waals surface area (Å²) in [6.45, 7) is 7.48. The van der Waals surface area contributed by atoms with Crippen LogP contribution in [-0.4, -0.2) is 11.1 Å². The van der Waals surface area contributed by atoms with E-state index in [1.54, 1.807) is 0 Å². The summed E-state index contributed by atoms with van der Waals surface area (Å²) in [5.74, 6) is 4.30. The molecule has 0 radical (unpaired) electrons. The van der Waals surface area contributed by atoms with E-state index in [1.807, 2.05) is 6.08 Å². The van der Waals surface area contributed by atoms with Crippen LogP contribution < -0.4 is 0 Å². The second-order valence-electron chi connectivity index (χ2n) is 9.49. The van der Waals surface area contributed by atoms with Crippen molar-refractivity contribution in [3.8, 4) is 0 Å². The summed E-state index contributed by atoms with van der Waals surface area (Å²) in [6, 6.07) is 0. The van der Waals surface area contributed by atoms with Gasteiger partial charge in [-0.05, 0) is 84.2 Å². The zero-order chi connectivity index (χ0) is 17.1. The second kappa shape index (κ2) is 5.83. The Balaban J connectivity index is 1.68. The van der Waals surface area contributed by atoms with Gasteiger partial charge in [-0.2, -0.15) is 0 Å². The van der Waals surface area contributed by atoms with E-state index in [1.165, 1.54) is 31.3 Å². The van der Waals surface area contributed by atoms with E-state index in [4.69, 9.17) is 0 Å². The van der Waals surface area contributed by atoms with Crippen molar-refractivity contribution in [2.24, 2.45) is 40.4 Å². The molecule has 2 saturated carbocycles. The first-order valence-corrected chi connectivity index (χ1v) is 11.0. The number of rotatable bonds is 2. The third-order valence-electron chi connectivity index (χ3n) is 8.52. The van der Waals surface area contributed by atoms with Crippen LogP contribution >= 0.6 is 15.9 Å². The Labute approximate surface area is 155 Å². The molecule has 7 atom stereocenters. The first-order valence-electron chi connectivity index (χ1n) is 9.89. The number of ketones is 1. The third kappa shape index (κ3) is 2.27. The van der Waals surface area contributed by atoms with Crippen LogP contribution in [-0.2, 0) is 4.79 Å². The number of alkyl halides is 1. The summed E-state index contributed by atoms with van der Waals surface area (Å²) in [7, 11) is 0. The molecule has 0 bridgehead atoms. The van der Waals surface area contributed by atoms with Gasteiger partial charge in [0.05, 0.1) is 0 Å². The van der Waals surface area contributed by atoms with E-state index < -0.39 is 0 Å². The SMILES string of the molecule is C[C@H](CBr)[C@H]1CC[C@H]2[C@@H]3C=CC4=CC(=O)CC[C@]4(C)[C@H]3CC[C@]12C. The lowest BCUT2D eigenvalue weighted by Gasteiger charge is -2.56. The molecule has 0 heterocycles. The van der Waals surface area contributed by atoms with Gasteiger partial charge in [-0.1, -0.05) is 48.9 Å². The Bertz CT molecular complexity index is 605. The number of fused-ring (bicyclic) bond motifs is 5. The first kappa shape index (κ1) is 17.1. The lowest BCUT2D eigenvalue weighted by Crippen LogP contribution is -2.49. The van der Waals surface area contributed by atoms with Gasteiger partial charge in [-0.3, -0.25) is 4.79 Å². The standard InChI is InChI=1S/C22H31BrO/c1-14(13-23)18-6-7-19-17-5-4-15-12-16(24)8-10-21(15,2)20(17)9-11-22(18,19)3/h4-5,12,14,17-20H,6-11,13H2,1-3H3/t14-,17+,18-,19+,20+,21+,22-/m1/s1. The molecule has 0 N–H and O–H groups in total. The molecule has 0 saturated heterocycles. The fraction of sp³-hybridized carbons (Fsp3) is 0.773. The minimum Gasteiger partial charge on any atom is -0.295 e. The van der Waals surface area contributed by atoms with Crippen molar-refractivity contribution in [3.05, 3.63) is 23.8 Å². The van der Waals surface area contributed by atoms with Crippen molar-refractivity contribution in [2.45, 2.75) is 59.3 Å². The fourth-order valence-electron chi connectivity index (χ4n) is 7.08. The van der Waals surface area contributed by atoms with Crippen molar-refractivity contribution < 1.29 is 4.79 Å². The largest absolute Gasteiger partial charge is 0.295 e. The Kier molecular flexibility index (Phi) is 4.14. The maximum absolute atomic E-state index is 11.9. The summed E-state index contributed by atoms with van der Waals surface area (Å²) in [5.41, 5.74) is 2.08. The van der Waals surface area contributed by atoms with Crippen molar-refractivity contribution in [1.29, 1.82) is 0 Å². The average molecular weight is 391 g/mol. The van der Waals surface area contributed by atoms with E-state index in [9.17, 15) is 4.79 Å². The summed E-state index contributed by atoms with van der Waals surface area (Å²) in [5, 5.41) is 1.14. The molecule has 0 unspecified atom stereocenters. The Hall–Kier alpha value is -0.370. The number of allylic oxidation sites excluding steroid dienone is 4. The molecule has 2 fully saturated rings. The molecule has 24 heavy (non-hydrogen) atoms. The Morgan fingerprint density at radius 2 is 2.00 bits per heavy atom. The molecule has 4 aliphatic carbocycles. The minimum absolute atomic E-state index is 0.244. The molecule has 2 heteroatoms. The van der Waals surface area contributed by atoms with E-state index in [0.29, 0.717) is 11.2 Å². The van der Waals surface area contributed by atoms with Gasteiger partial charge in [0.2, 0.25) is 0 Å². The predicted molar refractivity (Wildman–Crippen MR) is 103 cm³/mol. The van der Waals surface area contributed by atoms with Crippen molar-refractivity contribution in [1.82, 2.24) is 0 Å². The molecule has 1 nitrogen and oxygen atoms in total. The van der Waals surface area contributed by atoms with Crippen LogP contribution in [0.3, 0.4) is 0 Å². The monoisotopic (exact) mass is 390 g/mol. The lowest BCUT2D eigenvalue weighted by molar-refractivity contribution is -0.116. The van der Waals surface area contributed by atoms with E-state index in [0.717, 1.165) is 47.8 Å². The molecule has 0 aromatic heterocycles. The number of carbonyl (C=O) groups excluding carboxylic acids is 1. The predicted octanol–water partition coefficient (Wildman–Crippen LogP) is 5.94. The highest BCUT2D eigenvalue weighted by atomic mass is 79.9. The summed E-state index contributed by atoms with van der Waals surface area (Å²) < 4.78 is 0. The molecule has 0 amide bonds. The molecule has 132 valence electrons. The van der Waals surface area contributed by atoms with Gasteiger partial charge in [-0.25, -0.2) is 0 Å². The minimum atomic E-state index is 0.244. The second-order valence-corrected chi connectivity index (χ2v) is 10.1. The highest BCUT2D eigenvalue weighted by Gasteiger charge is 2.58. The van der Waals surface area contributed by atoms with Gasteiger partial charge in [0.1, 0.15) is 0 Å². The lowest BCUT2D eigenvalue weighted by atomic mass is 9.48. The van der Waals surface area contributed by atoms with Crippen LogP contribution in [0.15, 0.2) is 23.8 Å². The van der Waals surface area contributed by atoms with Crippen LogP contribution in [0.1, 0.15) is 59.3 Å². The maximum Gasteiger partial charge on any atom is 0.156 e. The van der Waals surface area contributed by atoms with Crippen LogP contribution in [0.5, 0.6) is 0 Å². The summed E-state index contributed by atoms with van der Waals surface area (Å²) in [6.07, 6.45) is 14.1. The van der Waals surface area contributed by atoms with Gasteiger partial charge in [-0.15, -0.1) is 0 Å². The summed E-state index contributed by atoms with van der Waals surface area (Å²) >= 11 is 3.74. The van der Waals surface area contributed by atoms with Gasteiger partial charge >= 0.3 is 0 Å². The first-order chi connectivity index (χ1) is 11.4. The highest BCUT2D eigenvalue weighted by molar-refractivity contribution is 9.09. The molecular formula is C22H31BrO. The van der Waals surface area contributed by atoms with E-state index in [2.05, 4.69) is 48.9 Å². The summed E-state index contributed by atoms with van der Waals surface area (Å²) in [4.78, 5) is 11.9. The molecule has 0 aliphatic heterocycles. The molecule has 0 aromatic carbocycles. The van der Waals surface area contributed by atoms with Crippen LogP contribution in [0.2, 0.25) is 0 Å². The Morgan fingerprint density at radius 1 is 1.21 bits per heavy atom. The van der Waals surface area contributed by atoms with Crippen molar-refractivity contribution in [2.75, 3.05) is 5.33 Å². The smallest absolute Gasteiger partial charge is 0.156 e. The van der Waals surface area contributed by atoms with Crippen molar-refractivity contribution >= 4 is 21.7 Å². The van der Waals surface area contributed by atoms with Gasteiger partial charge in [0.25, 0.3) is 0 Å². The van der Waals surface area contributed by atoms with Crippen LogP contribution in [0.25, 0.3) is 0 Å². The van der Waals surface area contributed by atoms with Gasteiger partial charge in [0.15, 0.2) is 5.78 Å². The van der Waals surface area contributed by atoms with Crippen LogP contribution in [0, 0.1) is 40.4 Å².